The fourth-order valence-corrected chi connectivity index (χ4v) is 2.18. The summed E-state index contributed by atoms with van der Waals surface area (Å²) in [5.74, 6) is -0.0896. The summed E-state index contributed by atoms with van der Waals surface area (Å²) in [6, 6.07) is 0. The second kappa shape index (κ2) is 5.64. The molecule has 2 rings (SSSR count). The number of carbonyl (C=O) groups excluding carboxylic acids is 1. The normalized spacial score (nSPS) is 24.4. The standard InChI is InChI=1S/C11H18N4O4/c1-12-10(17)9-13-8(19-14-9)5-15-4-2-3-11(18,6-15)7-16/h16,18H,2-7H2,1H3,(H,12,17)/t11-/m1/s1. The van der Waals surface area contributed by atoms with Crippen LogP contribution >= 0.6 is 0 Å². The number of piperidine rings is 1. The molecule has 0 radical (unpaired) electrons. The number of aliphatic hydroxyl groups excluding tert-OH is 1. The summed E-state index contributed by atoms with van der Waals surface area (Å²) < 4.78 is 4.98. The third-order valence-electron chi connectivity index (χ3n) is 3.19. The van der Waals surface area contributed by atoms with Crippen LogP contribution in [-0.2, 0) is 6.54 Å². The van der Waals surface area contributed by atoms with Crippen LogP contribution in [0.25, 0.3) is 0 Å². The Hall–Kier alpha value is -1.51. The molecule has 0 unspecified atom stereocenters. The van der Waals surface area contributed by atoms with Crippen LogP contribution in [0.5, 0.6) is 0 Å². The summed E-state index contributed by atoms with van der Waals surface area (Å²) in [5.41, 5.74) is -1.07. The monoisotopic (exact) mass is 270 g/mol. The molecule has 106 valence electrons. The lowest BCUT2D eigenvalue weighted by atomic mass is 9.94. The summed E-state index contributed by atoms with van der Waals surface area (Å²) in [6.45, 7) is 1.21. The van der Waals surface area contributed by atoms with Crippen molar-refractivity contribution in [3.05, 3.63) is 11.7 Å². The van der Waals surface area contributed by atoms with Crippen LogP contribution in [0.2, 0.25) is 0 Å². The van der Waals surface area contributed by atoms with Crippen molar-refractivity contribution in [3.63, 3.8) is 0 Å². The van der Waals surface area contributed by atoms with E-state index in [0.29, 0.717) is 25.4 Å². The number of nitrogens with one attached hydrogen (secondary N) is 1. The Morgan fingerprint density at radius 2 is 2.42 bits per heavy atom. The van der Waals surface area contributed by atoms with Gasteiger partial charge in [-0.3, -0.25) is 9.69 Å². The van der Waals surface area contributed by atoms with E-state index in [0.717, 1.165) is 13.0 Å². The molecule has 0 saturated carbocycles. The second-order valence-electron chi connectivity index (χ2n) is 4.79. The zero-order valence-electron chi connectivity index (χ0n) is 10.8. The number of nitrogens with zero attached hydrogens (tertiary/aromatic N) is 3. The van der Waals surface area contributed by atoms with E-state index in [4.69, 9.17) is 9.63 Å². The topological polar surface area (TPSA) is 112 Å². The van der Waals surface area contributed by atoms with Gasteiger partial charge in [0.1, 0.15) is 5.60 Å². The average Bonchev–Trinajstić information content (AvgIpc) is 2.86. The molecule has 8 heteroatoms. The zero-order valence-corrected chi connectivity index (χ0v) is 10.8. The van der Waals surface area contributed by atoms with E-state index >= 15 is 0 Å². The van der Waals surface area contributed by atoms with Crippen molar-refractivity contribution in [1.82, 2.24) is 20.4 Å². The lowest BCUT2D eigenvalue weighted by molar-refractivity contribution is -0.0702. The number of β-amino-alcohol motifs (C(OH)–C–C–N with tert-alkyl or cyclic N) is 1. The molecule has 3 N–H and O–H groups in total. The first-order chi connectivity index (χ1) is 9.06. The number of hydrogen-bond acceptors (Lipinski definition) is 7. The third-order valence-corrected chi connectivity index (χ3v) is 3.19. The molecule has 1 saturated heterocycles. The smallest absolute Gasteiger partial charge is 0.292 e. The predicted molar refractivity (Wildman–Crippen MR) is 64.2 cm³/mol. The minimum atomic E-state index is -1.07. The fourth-order valence-electron chi connectivity index (χ4n) is 2.18. The molecule has 0 bridgehead atoms. The molecular formula is C11H18N4O4. The largest absolute Gasteiger partial charge is 0.393 e. The molecule has 1 fully saturated rings. The molecular weight excluding hydrogens is 252 g/mol. The number of hydrogen-bond donors (Lipinski definition) is 3. The van der Waals surface area contributed by atoms with Gasteiger partial charge in [0.2, 0.25) is 5.89 Å². The van der Waals surface area contributed by atoms with Crippen molar-refractivity contribution in [3.8, 4) is 0 Å². The highest BCUT2D eigenvalue weighted by Gasteiger charge is 2.33. The highest BCUT2D eigenvalue weighted by molar-refractivity contribution is 5.89. The maximum Gasteiger partial charge on any atom is 0.292 e. The first-order valence-electron chi connectivity index (χ1n) is 6.16. The highest BCUT2D eigenvalue weighted by atomic mass is 16.5. The van der Waals surface area contributed by atoms with Gasteiger partial charge in [0.25, 0.3) is 11.7 Å². The van der Waals surface area contributed by atoms with Crippen molar-refractivity contribution in [1.29, 1.82) is 0 Å². The van der Waals surface area contributed by atoms with Gasteiger partial charge in [-0.1, -0.05) is 5.16 Å². The molecule has 0 aromatic carbocycles. The molecule has 1 aromatic rings. The van der Waals surface area contributed by atoms with Gasteiger partial charge < -0.3 is 20.1 Å². The van der Waals surface area contributed by atoms with Crippen LogP contribution in [0.3, 0.4) is 0 Å². The van der Waals surface area contributed by atoms with Crippen molar-refractivity contribution < 1.29 is 19.5 Å². The summed E-state index contributed by atoms with van der Waals surface area (Å²) >= 11 is 0. The van der Waals surface area contributed by atoms with E-state index in [1.807, 2.05) is 4.90 Å². The van der Waals surface area contributed by atoms with Crippen LogP contribution in [0.1, 0.15) is 29.4 Å². The first kappa shape index (κ1) is 13.9. The molecule has 1 aromatic heterocycles. The van der Waals surface area contributed by atoms with Crippen LogP contribution < -0.4 is 5.32 Å². The summed E-state index contributed by atoms with van der Waals surface area (Å²) in [6.07, 6.45) is 1.36. The van der Waals surface area contributed by atoms with Gasteiger partial charge in [-0.15, -0.1) is 0 Å². The van der Waals surface area contributed by atoms with Gasteiger partial charge in [0.15, 0.2) is 0 Å². The van der Waals surface area contributed by atoms with Gasteiger partial charge in [-0.25, -0.2) is 0 Å². The van der Waals surface area contributed by atoms with Gasteiger partial charge >= 0.3 is 0 Å². The van der Waals surface area contributed by atoms with Gasteiger partial charge in [0, 0.05) is 13.6 Å². The number of aromatic nitrogens is 2. The quantitative estimate of drug-likeness (QED) is 0.626. The summed E-state index contributed by atoms with van der Waals surface area (Å²) in [7, 11) is 1.49. The molecule has 0 spiro atoms. The van der Waals surface area contributed by atoms with Crippen molar-refractivity contribution >= 4 is 5.91 Å². The highest BCUT2D eigenvalue weighted by Crippen LogP contribution is 2.21. The van der Waals surface area contributed by atoms with Crippen LogP contribution in [0.4, 0.5) is 0 Å². The SMILES string of the molecule is CNC(=O)c1noc(CN2CCC[C@](O)(CO)C2)n1. The Labute approximate surface area is 110 Å². The third kappa shape index (κ3) is 3.28. The number of amides is 1. The summed E-state index contributed by atoms with van der Waals surface area (Å²) in [4.78, 5) is 17.2. The van der Waals surface area contributed by atoms with Crippen molar-refractivity contribution in [2.24, 2.45) is 0 Å². The van der Waals surface area contributed by atoms with Crippen LogP contribution in [-0.4, -0.2) is 63.5 Å². The Balaban J connectivity index is 1.97. The molecule has 1 aliphatic rings. The number of likely N-dealkylation sites (tertiary alicyclic amines) is 1. The minimum Gasteiger partial charge on any atom is -0.393 e. The fraction of sp³-hybridized carbons (Fsp3) is 0.727. The molecule has 1 amide bonds. The van der Waals surface area contributed by atoms with Crippen molar-refractivity contribution in [2.45, 2.75) is 25.0 Å². The van der Waals surface area contributed by atoms with Crippen LogP contribution in [0, 0.1) is 0 Å². The lowest BCUT2D eigenvalue weighted by Gasteiger charge is -2.37. The summed E-state index contributed by atoms with van der Waals surface area (Å²) in [5, 5.41) is 25.2. The lowest BCUT2D eigenvalue weighted by Crippen LogP contribution is -2.50. The Kier molecular flexibility index (Phi) is 4.13. The average molecular weight is 270 g/mol. The number of rotatable bonds is 4. The van der Waals surface area contributed by atoms with Gasteiger partial charge in [-0.05, 0) is 19.4 Å². The van der Waals surface area contributed by atoms with Gasteiger partial charge in [-0.2, -0.15) is 4.98 Å². The number of aliphatic hydroxyl groups is 2. The van der Waals surface area contributed by atoms with E-state index in [2.05, 4.69) is 15.5 Å². The molecule has 1 aliphatic heterocycles. The predicted octanol–water partition coefficient (Wildman–Crippen LogP) is -1.25. The van der Waals surface area contributed by atoms with Crippen LogP contribution in [0.15, 0.2) is 4.52 Å². The molecule has 8 nitrogen and oxygen atoms in total. The van der Waals surface area contributed by atoms with E-state index in [-0.39, 0.29) is 12.4 Å². The Morgan fingerprint density at radius 1 is 1.63 bits per heavy atom. The molecule has 0 aliphatic carbocycles. The minimum absolute atomic E-state index is 0.00747. The maximum atomic E-state index is 11.3. The maximum absolute atomic E-state index is 11.3. The zero-order chi connectivity index (χ0) is 13.9. The second-order valence-corrected chi connectivity index (χ2v) is 4.79. The number of carbonyl (C=O) groups is 1. The van der Waals surface area contributed by atoms with Crippen molar-refractivity contribution in [2.75, 3.05) is 26.7 Å². The van der Waals surface area contributed by atoms with E-state index in [9.17, 15) is 9.90 Å². The van der Waals surface area contributed by atoms with E-state index < -0.39 is 11.5 Å². The van der Waals surface area contributed by atoms with E-state index in [1.165, 1.54) is 7.05 Å². The molecule has 1 atom stereocenters. The Bertz CT molecular complexity index is 450. The first-order valence-corrected chi connectivity index (χ1v) is 6.16. The Morgan fingerprint density at radius 3 is 3.11 bits per heavy atom. The van der Waals surface area contributed by atoms with E-state index in [1.54, 1.807) is 0 Å². The molecule has 19 heavy (non-hydrogen) atoms. The molecule has 2 heterocycles. The van der Waals surface area contributed by atoms with Gasteiger partial charge in [0.05, 0.1) is 13.2 Å².